The number of hydrogen-bond acceptors (Lipinski definition) is 7. The van der Waals surface area contributed by atoms with Crippen LogP contribution in [-0.2, 0) is 0 Å². The minimum absolute atomic E-state index is 0.0308. The number of pyridine rings is 1. The van der Waals surface area contributed by atoms with Crippen LogP contribution >= 0.6 is 0 Å². The molecule has 27 heavy (non-hydrogen) atoms. The zero-order chi connectivity index (χ0) is 18.8. The first kappa shape index (κ1) is 16.5. The minimum Gasteiger partial charge on any atom is -0.507 e. The van der Waals surface area contributed by atoms with Crippen LogP contribution in [0.15, 0.2) is 76.2 Å². The number of phenols is 1. The van der Waals surface area contributed by atoms with Crippen molar-refractivity contribution in [3.63, 3.8) is 0 Å². The van der Waals surface area contributed by atoms with Crippen molar-refractivity contribution in [1.82, 2.24) is 9.97 Å². The molecule has 0 unspecified atom stereocenters. The van der Waals surface area contributed by atoms with E-state index in [0.29, 0.717) is 16.9 Å². The normalized spacial score (nSPS) is 10.7. The van der Waals surface area contributed by atoms with E-state index in [1.165, 1.54) is 12.3 Å². The third kappa shape index (κ3) is 3.25. The van der Waals surface area contributed by atoms with E-state index in [4.69, 9.17) is 9.15 Å². The fourth-order valence-electron chi connectivity index (χ4n) is 2.53. The van der Waals surface area contributed by atoms with Crippen LogP contribution in [0.25, 0.3) is 22.4 Å². The SMILES string of the molecule is O=C(Oc1ccc(-c2nc(=O)c3c(O)cccc3o2)cc1)c1cccnc1. The topological polar surface area (TPSA) is 103 Å². The first-order valence-electron chi connectivity index (χ1n) is 7.97. The van der Waals surface area contributed by atoms with Crippen molar-refractivity contribution in [2.24, 2.45) is 0 Å². The Morgan fingerprint density at radius 3 is 2.59 bits per heavy atom. The summed E-state index contributed by atoms with van der Waals surface area (Å²) in [6, 6.07) is 14.2. The van der Waals surface area contributed by atoms with Gasteiger partial charge >= 0.3 is 5.97 Å². The molecule has 7 heteroatoms. The summed E-state index contributed by atoms with van der Waals surface area (Å²) < 4.78 is 10.9. The van der Waals surface area contributed by atoms with Gasteiger partial charge in [0, 0.05) is 18.0 Å². The number of rotatable bonds is 3. The molecular weight excluding hydrogens is 348 g/mol. The molecule has 2 aromatic heterocycles. The predicted molar refractivity (Wildman–Crippen MR) is 96.6 cm³/mol. The number of aromatic nitrogens is 2. The maximum Gasteiger partial charge on any atom is 0.345 e. The molecule has 0 saturated carbocycles. The molecule has 0 radical (unpaired) electrons. The summed E-state index contributed by atoms with van der Waals surface area (Å²) in [6.07, 6.45) is 2.98. The summed E-state index contributed by atoms with van der Waals surface area (Å²) >= 11 is 0. The summed E-state index contributed by atoms with van der Waals surface area (Å²) in [7, 11) is 0. The molecule has 0 aliphatic heterocycles. The van der Waals surface area contributed by atoms with Crippen molar-refractivity contribution >= 4 is 16.9 Å². The highest BCUT2D eigenvalue weighted by molar-refractivity contribution is 5.90. The molecule has 4 aromatic rings. The number of esters is 1. The van der Waals surface area contributed by atoms with E-state index in [1.54, 1.807) is 54.7 Å². The number of benzene rings is 2. The van der Waals surface area contributed by atoms with Crippen molar-refractivity contribution in [3.05, 3.63) is 82.9 Å². The van der Waals surface area contributed by atoms with Crippen LogP contribution in [0.2, 0.25) is 0 Å². The molecule has 4 rings (SSSR count). The van der Waals surface area contributed by atoms with Gasteiger partial charge in [0.2, 0.25) is 5.89 Å². The predicted octanol–water partition coefficient (Wildman–Crippen LogP) is 3.17. The second-order valence-corrected chi connectivity index (χ2v) is 5.63. The third-order valence-electron chi connectivity index (χ3n) is 3.84. The maximum absolute atomic E-state index is 12.2. The van der Waals surface area contributed by atoms with Gasteiger partial charge < -0.3 is 14.3 Å². The van der Waals surface area contributed by atoms with Crippen molar-refractivity contribution in [3.8, 4) is 23.0 Å². The fraction of sp³-hybridized carbons (Fsp3) is 0. The van der Waals surface area contributed by atoms with Crippen LogP contribution in [0.4, 0.5) is 0 Å². The number of aromatic hydroxyl groups is 1. The average Bonchev–Trinajstić information content (AvgIpc) is 2.69. The van der Waals surface area contributed by atoms with Gasteiger partial charge in [-0.3, -0.25) is 9.78 Å². The monoisotopic (exact) mass is 360 g/mol. The van der Waals surface area contributed by atoms with E-state index in [2.05, 4.69) is 9.97 Å². The molecule has 0 fully saturated rings. The Kier molecular flexibility index (Phi) is 4.10. The van der Waals surface area contributed by atoms with Crippen molar-refractivity contribution < 1.29 is 19.1 Å². The molecule has 7 nitrogen and oxygen atoms in total. The second-order valence-electron chi connectivity index (χ2n) is 5.63. The Hall–Kier alpha value is -4.00. The first-order valence-corrected chi connectivity index (χ1v) is 7.97. The van der Waals surface area contributed by atoms with Gasteiger partial charge in [0.05, 0.1) is 5.56 Å². The standard InChI is InChI=1S/C20H12N2O5/c23-15-4-1-5-16-17(15)18(24)22-19(27-16)12-6-8-14(9-7-12)26-20(25)13-3-2-10-21-11-13/h1-11,23H. The largest absolute Gasteiger partial charge is 0.507 e. The van der Waals surface area contributed by atoms with Gasteiger partial charge in [0.1, 0.15) is 22.5 Å². The Morgan fingerprint density at radius 1 is 1.04 bits per heavy atom. The van der Waals surface area contributed by atoms with Gasteiger partial charge in [-0.25, -0.2) is 4.79 Å². The van der Waals surface area contributed by atoms with Crippen LogP contribution < -0.4 is 10.3 Å². The lowest BCUT2D eigenvalue weighted by Crippen LogP contribution is -2.09. The Labute approximate surface area is 152 Å². The number of ether oxygens (including phenoxy) is 1. The number of phenolic OH excluding ortho intramolecular Hbond substituents is 1. The average molecular weight is 360 g/mol. The van der Waals surface area contributed by atoms with Crippen LogP contribution in [0, 0.1) is 0 Å². The molecule has 0 bridgehead atoms. The smallest absolute Gasteiger partial charge is 0.345 e. The number of fused-ring (bicyclic) bond motifs is 1. The lowest BCUT2D eigenvalue weighted by molar-refractivity contribution is 0.0734. The fourth-order valence-corrected chi connectivity index (χ4v) is 2.53. The van der Waals surface area contributed by atoms with E-state index in [-0.39, 0.29) is 22.6 Å². The highest BCUT2D eigenvalue weighted by atomic mass is 16.5. The Bertz CT molecular complexity index is 1180. The van der Waals surface area contributed by atoms with Crippen LogP contribution in [0.5, 0.6) is 11.5 Å². The summed E-state index contributed by atoms with van der Waals surface area (Å²) in [5.74, 6) is -0.281. The lowest BCUT2D eigenvalue weighted by atomic mass is 10.2. The van der Waals surface area contributed by atoms with E-state index in [0.717, 1.165) is 0 Å². The van der Waals surface area contributed by atoms with Crippen molar-refractivity contribution in [2.75, 3.05) is 0 Å². The molecule has 0 amide bonds. The number of carbonyl (C=O) groups excluding carboxylic acids is 1. The third-order valence-corrected chi connectivity index (χ3v) is 3.84. The van der Waals surface area contributed by atoms with E-state index < -0.39 is 11.5 Å². The van der Waals surface area contributed by atoms with Gasteiger partial charge in [-0.05, 0) is 48.5 Å². The zero-order valence-corrected chi connectivity index (χ0v) is 13.8. The zero-order valence-electron chi connectivity index (χ0n) is 13.8. The molecule has 0 saturated heterocycles. The molecule has 2 aromatic carbocycles. The van der Waals surface area contributed by atoms with E-state index in [9.17, 15) is 14.7 Å². The van der Waals surface area contributed by atoms with Crippen LogP contribution in [0.1, 0.15) is 10.4 Å². The summed E-state index contributed by atoms with van der Waals surface area (Å²) in [5, 5.41) is 9.81. The Morgan fingerprint density at radius 2 is 1.85 bits per heavy atom. The molecule has 1 N–H and O–H groups in total. The number of carbonyl (C=O) groups is 1. The molecule has 0 spiro atoms. The summed E-state index contributed by atoms with van der Waals surface area (Å²) in [5.41, 5.74) is 0.510. The molecular formula is C20H12N2O5. The molecule has 0 aliphatic carbocycles. The van der Waals surface area contributed by atoms with Crippen molar-refractivity contribution in [2.45, 2.75) is 0 Å². The summed E-state index contributed by atoms with van der Waals surface area (Å²) in [4.78, 5) is 31.9. The molecule has 0 aliphatic rings. The number of hydrogen-bond donors (Lipinski definition) is 1. The quantitative estimate of drug-likeness (QED) is 0.442. The van der Waals surface area contributed by atoms with Gasteiger partial charge in [-0.2, -0.15) is 4.98 Å². The number of nitrogens with zero attached hydrogens (tertiary/aromatic N) is 2. The van der Waals surface area contributed by atoms with E-state index >= 15 is 0 Å². The van der Waals surface area contributed by atoms with Gasteiger partial charge in [-0.1, -0.05) is 6.07 Å². The van der Waals surface area contributed by atoms with Crippen molar-refractivity contribution in [1.29, 1.82) is 0 Å². The van der Waals surface area contributed by atoms with Crippen LogP contribution in [0.3, 0.4) is 0 Å². The van der Waals surface area contributed by atoms with Crippen LogP contribution in [-0.4, -0.2) is 21.0 Å². The first-order chi connectivity index (χ1) is 13.1. The minimum atomic E-state index is -0.587. The van der Waals surface area contributed by atoms with Gasteiger partial charge in [0.15, 0.2) is 0 Å². The van der Waals surface area contributed by atoms with E-state index in [1.807, 2.05) is 0 Å². The molecule has 132 valence electrons. The maximum atomic E-state index is 12.2. The summed E-state index contributed by atoms with van der Waals surface area (Å²) in [6.45, 7) is 0. The van der Waals surface area contributed by atoms with Gasteiger partial charge in [0.25, 0.3) is 5.56 Å². The lowest BCUT2D eigenvalue weighted by Gasteiger charge is -2.06. The highest BCUT2D eigenvalue weighted by Gasteiger charge is 2.13. The molecule has 2 heterocycles. The highest BCUT2D eigenvalue weighted by Crippen LogP contribution is 2.26. The van der Waals surface area contributed by atoms with Gasteiger partial charge in [-0.15, -0.1) is 0 Å². The Balaban J connectivity index is 1.62. The molecule has 0 atom stereocenters. The second kappa shape index (κ2) is 6.72.